The molecule has 70 valence electrons. The van der Waals surface area contributed by atoms with Crippen molar-refractivity contribution in [2.24, 2.45) is 0 Å². The monoisotopic (exact) mass is 187 g/mol. The zero-order chi connectivity index (χ0) is 9.84. The van der Waals surface area contributed by atoms with Crippen LogP contribution in [0.4, 0.5) is 19.3 Å². The van der Waals surface area contributed by atoms with Crippen molar-refractivity contribution < 1.29 is 18.3 Å². The first kappa shape index (κ1) is 9.44. The minimum atomic E-state index is -0.913. The van der Waals surface area contributed by atoms with Gasteiger partial charge in [-0.1, -0.05) is 6.07 Å². The van der Waals surface area contributed by atoms with Gasteiger partial charge in [-0.25, -0.2) is 13.6 Å². The van der Waals surface area contributed by atoms with Crippen LogP contribution in [0.3, 0.4) is 0 Å². The number of carbonyl (C=O) groups is 1. The number of anilines is 1. The summed E-state index contributed by atoms with van der Waals surface area (Å²) in [5.41, 5.74) is -0.505. The number of benzene rings is 1. The molecule has 0 heterocycles. The predicted octanol–water partition coefficient (Wildman–Crippen LogP) is 2.14. The fourth-order valence-electron chi connectivity index (χ4n) is 0.770. The van der Waals surface area contributed by atoms with Gasteiger partial charge in [0.15, 0.2) is 0 Å². The molecule has 0 fully saturated rings. The maximum absolute atomic E-state index is 12.8. The van der Waals surface area contributed by atoms with E-state index in [1.165, 1.54) is 6.07 Å². The van der Waals surface area contributed by atoms with Crippen LogP contribution < -0.4 is 5.32 Å². The summed E-state index contributed by atoms with van der Waals surface area (Å²) in [7, 11) is 1.11. The summed E-state index contributed by atoms with van der Waals surface area (Å²) >= 11 is 0. The Bertz CT molecular complexity index is 308. The van der Waals surface area contributed by atoms with Crippen LogP contribution in [0.2, 0.25) is 0 Å². The number of nitrogens with one attached hydrogen (secondary N) is 1. The van der Waals surface area contributed by atoms with E-state index in [0.717, 1.165) is 19.2 Å². The molecule has 0 aromatic heterocycles. The number of para-hydroxylation sites is 1. The normalized spacial score (nSPS) is 9.46. The lowest BCUT2D eigenvalue weighted by atomic mass is 10.3. The third kappa shape index (κ3) is 2.14. The highest BCUT2D eigenvalue weighted by atomic mass is 19.1. The van der Waals surface area contributed by atoms with Crippen LogP contribution in [0.15, 0.2) is 18.2 Å². The van der Waals surface area contributed by atoms with Crippen LogP contribution >= 0.6 is 0 Å². The van der Waals surface area contributed by atoms with Crippen molar-refractivity contribution in [1.82, 2.24) is 0 Å². The molecule has 0 bridgehead atoms. The molecule has 1 aromatic rings. The predicted molar refractivity (Wildman–Crippen MR) is 42.4 cm³/mol. The Kier molecular flexibility index (Phi) is 2.79. The van der Waals surface area contributed by atoms with E-state index in [-0.39, 0.29) is 0 Å². The summed E-state index contributed by atoms with van der Waals surface area (Å²) in [5, 5.41) is 1.92. The molecule has 0 aliphatic rings. The number of amides is 1. The van der Waals surface area contributed by atoms with Crippen LogP contribution in [0.1, 0.15) is 0 Å². The van der Waals surface area contributed by atoms with Crippen LogP contribution in [-0.4, -0.2) is 13.2 Å². The van der Waals surface area contributed by atoms with E-state index in [2.05, 4.69) is 4.74 Å². The van der Waals surface area contributed by atoms with Crippen molar-refractivity contribution in [2.45, 2.75) is 0 Å². The van der Waals surface area contributed by atoms with Crippen molar-refractivity contribution in [3.8, 4) is 0 Å². The summed E-state index contributed by atoms with van der Waals surface area (Å²) in [6.07, 6.45) is -0.913. The molecular formula is C8H7F2NO2. The molecular weight excluding hydrogens is 180 g/mol. The molecule has 1 N–H and O–H groups in total. The Morgan fingerprint density at radius 3 is 2.38 bits per heavy atom. The molecule has 3 nitrogen and oxygen atoms in total. The molecule has 0 saturated carbocycles. The lowest BCUT2D eigenvalue weighted by Crippen LogP contribution is -2.13. The third-order valence-corrected chi connectivity index (χ3v) is 1.38. The molecule has 1 amide bonds. The topological polar surface area (TPSA) is 38.3 Å². The number of hydrogen-bond acceptors (Lipinski definition) is 2. The van der Waals surface area contributed by atoms with Gasteiger partial charge in [-0.2, -0.15) is 0 Å². The highest BCUT2D eigenvalue weighted by Gasteiger charge is 2.10. The van der Waals surface area contributed by atoms with Crippen molar-refractivity contribution in [2.75, 3.05) is 12.4 Å². The van der Waals surface area contributed by atoms with Gasteiger partial charge in [0.2, 0.25) is 0 Å². The second-order valence-electron chi connectivity index (χ2n) is 2.21. The van der Waals surface area contributed by atoms with Gasteiger partial charge >= 0.3 is 6.09 Å². The molecule has 0 spiro atoms. The zero-order valence-corrected chi connectivity index (χ0v) is 6.80. The van der Waals surface area contributed by atoms with Crippen LogP contribution in [0.5, 0.6) is 0 Å². The molecule has 0 saturated heterocycles. The van der Waals surface area contributed by atoms with Crippen molar-refractivity contribution >= 4 is 11.8 Å². The molecule has 0 aliphatic heterocycles. The lowest BCUT2D eigenvalue weighted by Gasteiger charge is -2.05. The van der Waals surface area contributed by atoms with Crippen LogP contribution in [0, 0.1) is 11.6 Å². The first-order chi connectivity index (χ1) is 6.15. The fourth-order valence-corrected chi connectivity index (χ4v) is 0.770. The molecule has 5 heteroatoms. The maximum Gasteiger partial charge on any atom is 0.411 e. The van der Waals surface area contributed by atoms with Gasteiger partial charge in [0.05, 0.1) is 7.11 Å². The van der Waals surface area contributed by atoms with E-state index in [9.17, 15) is 13.6 Å². The van der Waals surface area contributed by atoms with E-state index in [4.69, 9.17) is 0 Å². The second-order valence-corrected chi connectivity index (χ2v) is 2.21. The molecule has 13 heavy (non-hydrogen) atoms. The average Bonchev–Trinajstić information content (AvgIpc) is 2.11. The van der Waals surface area contributed by atoms with Gasteiger partial charge in [-0.05, 0) is 12.1 Å². The SMILES string of the molecule is COC(=O)Nc1c(F)cccc1F. The van der Waals surface area contributed by atoms with Crippen molar-refractivity contribution in [3.05, 3.63) is 29.8 Å². The second kappa shape index (κ2) is 3.84. The maximum atomic E-state index is 12.8. The minimum Gasteiger partial charge on any atom is -0.453 e. The average molecular weight is 187 g/mol. The van der Waals surface area contributed by atoms with E-state index < -0.39 is 23.4 Å². The van der Waals surface area contributed by atoms with Crippen LogP contribution in [0.25, 0.3) is 0 Å². The van der Waals surface area contributed by atoms with E-state index in [1.807, 2.05) is 5.32 Å². The Morgan fingerprint density at radius 2 is 1.92 bits per heavy atom. The van der Waals surface area contributed by atoms with Gasteiger partial charge in [0.25, 0.3) is 0 Å². The van der Waals surface area contributed by atoms with Gasteiger partial charge in [0.1, 0.15) is 17.3 Å². The minimum absolute atomic E-state index is 0.505. The van der Waals surface area contributed by atoms with E-state index >= 15 is 0 Å². The Labute approximate surface area is 73.3 Å². The molecule has 1 rings (SSSR count). The summed E-state index contributed by atoms with van der Waals surface area (Å²) < 4.78 is 29.9. The summed E-state index contributed by atoms with van der Waals surface area (Å²) in [5.74, 6) is -1.68. The molecule has 0 unspecified atom stereocenters. The highest BCUT2D eigenvalue weighted by Crippen LogP contribution is 2.17. The smallest absolute Gasteiger partial charge is 0.411 e. The number of rotatable bonds is 1. The lowest BCUT2D eigenvalue weighted by molar-refractivity contribution is 0.186. The third-order valence-electron chi connectivity index (χ3n) is 1.38. The Morgan fingerprint density at radius 1 is 1.38 bits per heavy atom. The number of halogens is 2. The Hall–Kier alpha value is -1.65. The summed E-state index contributed by atoms with van der Waals surface area (Å²) in [6.45, 7) is 0. The first-order valence-corrected chi connectivity index (χ1v) is 3.44. The zero-order valence-electron chi connectivity index (χ0n) is 6.80. The highest BCUT2D eigenvalue weighted by molar-refractivity contribution is 5.84. The van der Waals surface area contributed by atoms with Crippen LogP contribution in [-0.2, 0) is 4.74 Å². The van der Waals surface area contributed by atoms with E-state index in [0.29, 0.717) is 0 Å². The van der Waals surface area contributed by atoms with Gasteiger partial charge in [-0.15, -0.1) is 0 Å². The first-order valence-electron chi connectivity index (χ1n) is 3.44. The standard InChI is InChI=1S/C8H7F2NO2/c1-13-8(12)11-7-5(9)3-2-4-6(7)10/h2-4H,1H3,(H,11,12). The summed E-state index contributed by atoms with van der Waals surface area (Å²) in [6, 6.07) is 3.27. The largest absolute Gasteiger partial charge is 0.453 e. The van der Waals surface area contributed by atoms with Gasteiger partial charge < -0.3 is 4.74 Å². The van der Waals surface area contributed by atoms with Crippen molar-refractivity contribution in [3.63, 3.8) is 0 Å². The molecule has 0 aliphatic carbocycles. The van der Waals surface area contributed by atoms with Gasteiger partial charge in [0, 0.05) is 0 Å². The number of carbonyl (C=O) groups excluding carboxylic acids is 1. The molecule has 0 radical (unpaired) electrons. The van der Waals surface area contributed by atoms with E-state index in [1.54, 1.807) is 0 Å². The fraction of sp³-hybridized carbons (Fsp3) is 0.125. The number of methoxy groups -OCH3 is 1. The number of ether oxygens (including phenoxy) is 1. The van der Waals surface area contributed by atoms with Gasteiger partial charge in [-0.3, -0.25) is 5.32 Å². The summed E-state index contributed by atoms with van der Waals surface area (Å²) in [4.78, 5) is 10.6. The Balaban J connectivity index is 2.93. The molecule has 0 atom stereocenters. The number of hydrogen-bond donors (Lipinski definition) is 1. The quantitative estimate of drug-likeness (QED) is 0.731. The molecule has 1 aromatic carbocycles. The van der Waals surface area contributed by atoms with Crippen molar-refractivity contribution in [1.29, 1.82) is 0 Å².